The molecule has 62 valence electrons. The summed E-state index contributed by atoms with van der Waals surface area (Å²) in [5, 5.41) is 4.32. The third kappa shape index (κ3) is 2.54. The van der Waals surface area contributed by atoms with Crippen molar-refractivity contribution in [1.82, 2.24) is 9.78 Å². The normalized spacial score (nSPS) is 13.4. The lowest BCUT2D eigenvalue weighted by Gasteiger charge is -2.02. The van der Waals surface area contributed by atoms with Crippen LogP contribution in [-0.4, -0.2) is 15.2 Å². The maximum Gasteiger partial charge on any atom is 0.0492 e. The summed E-state index contributed by atoms with van der Waals surface area (Å²) in [6.45, 7) is 2.01. The fraction of sp³-hybridized carbons (Fsp3) is 0.625. The first-order valence-electron chi connectivity index (χ1n) is 3.81. The van der Waals surface area contributed by atoms with Crippen molar-refractivity contribution in [3.8, 4) is 0 Å². The summed E-state index contributed by atoms with van der Waals surface area (Å²) >= 11 is 5.82. The second kappa shape index (κ2) is 3.77. The van der Waals surface area contributed by atoms with Gasteiger partial charge in [-0.15, -0.1) is 11.6 Å². The lowest BCUT2D eigenvalue weighted by molar-refractivity contribution is 0.679. The third-order valence-corrected chi connectivity index (χ3v) is 1.94. The second-order valence-electron chi connectivity index (χ2n) is 2.77. The Hall–Kier alpha value is -0.500. The van der Waals surface area contributed by atoms with E-state index in [1.807, 2.05) is 30.9 Å². The largest absolute Gasteiger partial charge is 0.273 e. The Balaban J connectivity index is 2.44. The van der Waals surface area contributed by atoms with Crippen LogP contribution in [0.3, 0.4) is 0 Å². The first-order chi connectivity index (χ1) is 5.20. The fourth-order valence-corrected chi connectivity index (χ4v) is 1.10. The van der Waals surface area contributed by atoms with E-state index >= 15 is 0 Å². The van der Waals surface area contributed by atoms with Gasteiger partial charge in [-0.1, -0.05) is 0 Å². The van der Waals surface area contributed by atoms with Gasteiger partial charge in [-0.05, 0) is 25.8 Å². The highest BCUT2D eigenvalue weighted by Crippen LogP contribution is 2.06. The van der Waals surface area contributed by atoms with E-state index in [2.05, 4.69) is 5.10 Å². The number of nitrogens with zero attached hydrogens (tertiary/aromatic N) is 2. The maximum atomic E-state index is 5.82. The van der Waals surface area contributed by atoms with Crippen molar-refractivity contribution >= 4 is 11.6 Å². The molecule has 0 fully saturated rings. The van der Waals surface area contributed by atoms with Crippen molar-refractivity contribution in [2.24, 2.45) is 7.05 Å². The molecule has 0 saturated carbocycles. The molecule has 0 aliphatic carbocycles. The van der Waals surface area contributed by atoms with E-state index in [1.54, 1.807) is 0 Å². The maximum absolute atomic E-state index is 5.82. The molecule has 0 aromatic carbocycles. The summed E-state index contributed by atoms with van der Waals surface area (Å²) in [7, 11) is 1.95. The molecule has 0 spiro atoms. The van der Waals surface area contributed by atoms with E-state index < -0.39 is 0 Å². The van der Waals surface area contributed by atoms with Gasteiger partial charge in [0.25, 0.3) is 0 Å². The molecule has 0 saturated heterocycles. The number of hydrogen-bond acceptors (Lipinski definition) is 1. The Morgan fingerprint density at radius 2 is 2.45 bits per heavy atom. The molecule has 1 unspecified atom stereocenters. The zero-order valence-corrected chi connectivity index (χ0v) is 7.67. The van der Waals surface area contributed by atoms with E-state index in [1.165, 1.54) is 5.69 Å². The van der Waals surface area contributed by atoms with Crippen LogP contribution in [0.25, 0.3) is 0 Å². The number of halogens is 1. The first-order valence-corrected chi connectivity index (χ1v) is 4.24. The summed E-state index contributed by atoms with van der Waals surface area (Å²) in [5.41, 5.74) is 1.25. The summed E-state index contributed by atoms with van der Waals surface area (Å²) in [5.74, 6) is 0. The number of aromatic nitrogens is 2. The lowest BCUT2D eigenvalue weighted by atomic mass is 10.2. The van der Waals surface area contributed by atoms with Crippen LogP contribution in [0.4, 0.5) is 0 Å². The van der Waals surface area contributed by atoms with Crippen LogP contribution >= 0.6 is 11.6 Å². The first kappa shape index (κ1) is 8.60. The predicted molar refractivity (Wildman–Crippen MR) is 46.8 cm³/mol. The van der Waals surface area contributed by atoms with Crippen LogP contribution in [0.15, 0.2) is 12.3 Å². The summed E-state index contributed by atoms with van der Waals surface area (Å²) in [4.78, 5) is 0. The van der Waals surface area contributed by atoms with E-state index in [-0.39, 0.29) is 5.38 Å². The van der Waals surface area contributed by atoms with Gasteiger partial charge in [0.1, 0.15) is 0 Å². The highest BCUT2D eigenvalue weighted by atomic mass is 35.5. The minimum absolute atomic E-state index is 0.255. The van der Waals surface area contributed by atoms with Gasteiger partial charge in [-0.25, -0.2) is 0 Å². The number of hydrogen-bond donors (Lipinski definition) is 0. The SMILES string of the molecule is CC(Cl)CCc1ccnn1C. The zero-order chi connectivity index (χ0) is 8.27. The quantitative estimate of drug-likeness (QED) is 0.638. The molecule has 2 nitrogen and oxygen atoms in total. The van der Waals surface area contributed by atoms with Crippen LogP contribution < -0.4 is 0 Å². The summed E-state index contributed by atoms with van der Waals surface area (Å²) in [6, 6.07) is 2.03. The highest BCUT2D eigenvalue weighted by Gasteiger charge is 2.00. The number of alkyl halides is 1. The van der Waals surface area contributed by atoms with E-state index in [4.69, 9.17) is 11.6 Å². The van der Waals surface area contributed by atoms with Gasteiger partial charge in [0.05, 0.1) is 0 Å². The minimum Gasteiger partial charge on any atom is -0.273 e. The van der Waals surface area contributed by atoms with Crippen LogP contribution in [0.1, 0.15) is 19.0 Å². The monoisotopic (exact) mass is 172 g/mol. The molecule has 1 aromatic rings. The average molecular weight is 173 g/mol. The van der Waals surface area contributed by atoms with Crippen molar-refractivity contribution in [1.29, 1.82) is 0 Å². The van der Waals surface area contributed by atoms with Crippen molar-refractivity contribution < 1.29 is 0 Å². The average Bonchev–Trinajstić information content (AvgIpc) is 2.31. The number of aryl methyl sites for hydroxylation is 2. The van der Waals surface area contributed by atoms with E-state index in [0.717, 1.165) is 12.8 Å². The minimum atomic E-state index is 0.255. The van der Waals surface area contributed by atoms with E-state index in [9.17, 15) is 0 Å². The molecule has 1 atom stereocenters. The lowest BCUT2D eigenvalue weighted by Crippen LogP contribution is -2.01. The Kier molecular flexibility index (Phi) is 2.94. The Bertz CT molecular complexity index is 218. The third-order valence-electron chi connectivity index (χ3n) is 1.72. The van der Waals surface area contributed by atoms with Gasteiger partial charge in [0.2, 0.25) is 0 Å². The topological polar surface area (TPSA) is 17.8 Å². The molecule has 1 heterocycles. The van der Waals surface area contributed by atoms with Gasteiger partial charge < -0.3 is 0 Å². The highest BCUT2D eigenvalue weighted by molar-refractivity contribution is 6.20. The van der Waals surface area contributed by atoms with Crippen molar-refractivity contribution in [3.05, 3.63) is 18.0 Å². The molecule has 0 radical (unpaired) electrons. The molecule has 3 heteroatoms. The van der Waals surface area contributed by atoms with Crippen LogP contribution in [0.2, 0.25) is 0 Å². The van der Waals surface area contributed by atoms with Crippen molar-refractivity contribution in [2.45, 2.75) is 25.1 Å². The van der Waals surface area contributed by atoms with Crippen molar-refractivity contribution in [3.63, 3.8) is 0 Å². The van der Waals surface area contributed by atoms with Gasteiger partial charge in [-0.3, -0.25) is 4.68 Å². The van der Waals surface area contributed by atoms with E-state index in [0.29, 0.717) is 0 Å². The Morgan fingerprint density at radius 3 is 2.91 bits per heavy atom. The standard InChI is InChI=1S/C8H13ClN2/c1-7(9)3-4-8-5-6-10-11(8)2/h5-7H,3-4H2,1-2H3. The van der Waals surface area contributed by atoms with Gasteiger partial charge >= 0.3 is 0 Å². The van der Waals surface area contributed by atoms with Crippen LogP contribution in [0.5, 0.6) is 0 Å². The molecule has 0 bridgehead atoms. The fourth-order valence-electron chi connectivity index (χ4n) is 0.993. The Labute approximate surface area is 72.2 Å². The predicted octanol–water partition coefficient (Wildman–Crippen LogP) is 1.98. The summed E-state index contributed by atoms with van der Waals surface area (Å²) < 4.78 is 1.89. The molecule has 1 aromatic heterocycles. The number of rotatable bonds is 3. The smallest absolute Gasteiger partial charge is 0.0492 e. The molecule has 0 N–H and O–H groups in total. The molecule has 1 rings (SSSR count). The molecule has 0 amide bonds. The van der Waals surface area contributed by atoms with Crippen LogP contribution in [0, 0.1) is 0 Å². The molecule has 0 aliphatic heterocycles. The molecule has 11 heavy (non-hydrogen) atoms. The van der Waals surface area contributed by atoms with Gasteiger partial charge in [0.15, 0.2) is 0 Å². The van der Waals surface area contributed by atoms with Gasteiger partial charge in [-0.2, -0.15) is 5.10 Å². The zero-order valence-electron chi connectivity index (χ0n) is 6.92. The Morgan fingerprint density at radius 1 is 1.73 bits per heavy atom. The molecular formula is C8H13ClN2. The summed E-state index contributed by atoms with van der Waals surface area (Å²) in [6.07, 6.45) is 3.84. The molecular weight excluding hydrogens is 160 g/mol. The second-order valence-corrected chi connectivity index (χ2v) is 3.51. The van der Waals surface area contributed by atoms with Crippen molar-refractivity contribution in [2.75, 3.05) is 0 Å². The van der Waals surface area contributed by atoms with Gasteiger partial charge in [0, 0.05) is 24.3 Å². The van der Waals surface area contributed by atoms with Crippen LogP contribution in [-0.2, 0) is 13.5 Å². The molecule has 0 aliphatic rings.